The number of carbonyl (C=O) groups is 2. The number of thioether (sulfide) groups is 1. The Morgan fingerprint density at radius 1 is 1.35 bits per heavy atom. The lowest BCUT2D eigenvalue weighted by molar-refractivity contribution is -0.138. The first-order valence-corrected chi connectivity index (χ1v) is 8.45. The summed E-state index contributed by atoms with van der Waals surface area (Å²) in [6.07, 6.45) is 1.01. The first kappa shape index (κ1) is 17.1. The molecule has 1 aromatic rings. The Morgan fingerprint density at radius 3 is 2.57 bits per heavy atom. The fourth-order valence-electron chi connectivity index (χ4n) is 1.62. The topological polar surface area (TPSA) is 145 Å². The van der Waals surface area contributed by atoms with Crippen molar-refractivity contribution in [1.29, 1.82) is 0 Å². The average Bonchev–Trinajstić information content (AvgIpc) is 2.78. The molecule has 1 heterocycles. The van der Waals surface area contributed by atoms with Gasteiger partial charge in [-0.1, -0.05) is 23.9 Å². The van der Waals surface area contributed by atoms with Crippen molar-refractivity contribution in [3.63, 3.8) is 0 Å². The Hall–Kier alpha value is -2.24. The third kappa shape index (κ3) is 4.87. The van der Waals surface area contributed by atoms with E-state index in [-0.39, 0.29) is 16.5 Å². The smallest absolute Gasteiger partial charge is 0.305 e. The van der Waals surface area contributed by atoms with Gasteiger partial charge in [0.05, 0.1) is 17.5 Å². The van der Waals surface area contributed by atoms with Crippen molar-refractivity contribution in [3.8, 4) is 0 Å². The molecule has 0 aliphatic carbocycles. The average molecular weight is 357 g/mol. The molecule has 1 saturated heterocycles. The molecule has 0 bridgehead atoms. The second-order valence-corrected chi connectivity index (χ2v) is 7.00. The number of carbonyl (C=O) groups excluding carboxylic acids is 1. The minimum atomic E-state index is -4.25. The summed E-state index contributed by atoms with van der Waals surface area (Å²) in [4.78, 5) is 21.8. The first-order valence-electron chi connectivity index (χ1n) is 6.13. The Morgan fingerprint density at radius 2 is 2.00 bits per heavy atom. The summed E-state index contributed by atoms with van der Waals surface area (Å²) in [5.41, 5.74) is 0.526. The standard InChI is InChI=1S/C12H11N3O6S2/c16-10(17)5-9-11(18)14-12(22-9)15-13-6-7-1-3-8(4-2-7)23(19,20)21/h1-4,6,9H,5H2,(H,16,17)(H,14,15,18)(H,19,20,21). The van der Waals surface area contributed by atoms with Crippen molar-refractivity contribution in [1.82, 2.24) is 5.32 Å². The lowest BCUT2D eigenvalue weighted by atomic mass is 10.2. The number of carboxylic acids is 1. The van der Waals surface area contributed by atoms with Gasteiger partial charge in [0, 0.05) is 0 Å². The molecule has 23 heavy (non-hydrogen) atoms. The fraction of sp³-hybridized carbons (Fsp3) is 0.167. The molecule has 1 aliphatic rings. The summed E-state index contributed by atoms with van der Waals surface area (Å²) < 4.78 is 30.6. The van der Waals surface area contributed by atoms with E-state index in [9.17, 15) is 18.0 Å². The van der Waals surface area contributed by atoms with E-state index in [1.54, 1.807) is 0 Å². The molecule has 0 radical (unpaired) electrons. The Kier molecular flexibility index (Phi) is 5.13. The minimum Gasteiger partial charge on any atom is -0.481 e. The van der Waals surface area contributed by atoms with Gasteiger partial charge in [0.2, 0.25) is 5.91 Å². The Balaban J connectivity index is 2.01. The Labute approximate surface area is 135 Å². The van der Waals surface area contributed by atoms with Crippen molar-refractivity contribution >= 4 is 45.1 Å². The van der Waals surface area contributed by atoms with E-state index >= 15 is 0 Å². The number of benzene rings is 1. The summed E-state index contributed by atoms with van der Waals surface area (Å²) >= 11 is 0.970. The highest BCUT2D eigenvalue weighted by Gasteiger charge is 2.32. The molecule has 0 saturated carbocycles. The van der Waals surface area contributed by atoms with Crippen LogP contribution in [-0.4, -0.2) is 46.6 Å². The lowest BCUT2D eigenvalue weighted by Crippen LogP contribution is -2.26. The summed E-state index contributed by atoms with van der Waals surface area (Å²) in [6.45, 7) is 0. The van der Waals surface area contributed by atoms with Crippen LogP contribution in [0.25, 0.3) is 0 Å². The van der Waals surface area contributed by atoms with Crippen LogP contribution >= 0.6 is 11.8 Å². The molecule has 1 atom stereocenters. The zero-order valence-corrected chi connectivity index (χ0v) is 13.0. The van der Waals surface area contributed by atoms with Crippen LogP contribution in [0.1, 0.15) is 12.0 Å². The van der Waals surface area contributed by atoms with Gasteiger partial charge < -0.3 is 10.4 Å². The molecule has 9 nitrogen and oxygen atoms in total. The van der Waals surface area contributed by atoms with E-state index < -0.39 is 27.2 Å². The molecule has 0 aromatic heterocycles. The van der Waals surface area contributed by atoms with Gasteiger partial charge in [0.25, 0.3) is 10.1 Å². The number of amidine groups is 1. The normalized spacial score (nSPS) is 20.1. The SMILES string of the molecule is O=C(O)CC1SC(=NN=Cc2ccc(S(=O)(=O)O)cc2)NC1=O. The van der Waals surface area contributed by atoms with Crippen molar-refractivity contribution < 1.29 is 27.7 Å². The molecule has 0 spiro atoms. The zero-order valence-electron chi connectivity index (χ0n) is 11.4. The van der Waals surface area contributed by atoms with Gasteiger partial charge in [-0.05, 0) is 17.7 Å². The number of nitrogens with zero attached hydrogens (tertiary/aromatic N) is 2. The number of rotatable bonds is 5. The minimum absolute atomic E-state index is 0.187. The predicted molar refractivity (Wildman–Crippen MR) is 83.1 cm³/mol. The van der Waals surface area contributed by atoms with Crippen molar-refractivity contribution in [2.75, 3.05) is 0 Å². The quantitative estimate of drug-likeness (QED) is 0.391. The van der Waals surface area contributed by atoms with E-state index in [0.717, 1.165) is 11.8 Å². The predicted octanol–water partition coefficient (Wildman–Crippen LogP) is 0.330. The third-order valence-electron chi connectivity index (χ3n) is 2.67. The second-order valence-electron chi connectivity index (χ2n) is 4.39. The summed E-state index contributed by atoms with van der Waals surface area (Å²) in [5, 5.41) is 18.0. The largest absolute Gasteiger partial charge is 0.481 e. The molecule has 1 unspecified atom stereocenters. The van der Waals surface area contributed by atoms with Crippen LogP contribution in [0.3, 0.4) is 0 Å². The van der Waals surface area contributed by atoms with Crippen LogP contribution in [0, 0.1) is 0 Å². The number of nitrogens with one attached hydrogen (secondary N) is 1. The number of aliphatic carboxylic acids is 1. The molecule has 1 aliphatic heterocycles. The van der Waals surface area contributed by atoms with E-state index in [1.165, 1.54) is 30.5 Å². The maximum Gasteiger partial charge on any atom is 0.305 e. The summed E-state index contributed by atoms with van der Waals surface area (Å²) in [6, 6.07) is 5.25. The van der Waals surface area contributed by atoms with Crippen LogP contribution in [0.4, 0.5) is 0 Å². The molecule has 2 rings (SSSR count). The summed E-state index contributed by atoms with van der Waals surface area (Å²) in [5.74, 6) is -1.52. The van der Waals surface area contributed by atoms with Gasteiger partial charge in [-0.15, -0.1) is 5.10 Å². The van der Waals surface area contributed by atoms with Gasteiger partial charge in [-0.3, -0.25) is 14.1 Å². The van der Waals surface area contributed by atoms with Gasteiger partial charge >= 0.3 is 5.97 Å². The van der Waals surface area contributed by atoms with Crippen LogP contribution in [0.5, 0.6) is 0 Å². The van der Waals surface area contributed by atoms with Crippen molar-refractivity contribution in [2.24, 2.45) is 10.2 Å². The molecular weight excluding hydrogens is 346 g/mol. The van der Waals surface area contributed by atoms with Gasteiger partial charge in [-0.2, -0.15) is 13.5 Å². The van der Waals surface area contributed by atoms with E-state index in [2.05, 4.69) is 15.5 Å². The van der Waals surface area contributed by atoms with Crippen molar-refractivity contribution in [3.05, 3.63) is 29.8 Å². The maximum absolute atomic E-state index is 11.5. The third-order valence-corrected chi connectivity index (χ3v) is 4.61. The fourth-order valence-corrected chi connectivity index (χ4v) is 3.01. The summed E-state index contributed by atoms with van der Waals surface area (Å²) in [7, 11) is -4.25. The number of hydrogen-bond acceptors (Lipinski definition) is 7. The van der Waals surface area contributed by atoms with E-state index in [0.29, 0.717) is 5.56 Å². The molecule has 3 N–H and O–H groups in total. The molecular formula is C12H11N3O6S2. The second kappa shape index (κ2) is 6.89. The maximum atomic E-state index is 11.5. The zero-order chi connectivity index (χ0) is 17.0. The van der Waals surface area contributed by atoms with Crippen molar-refractivity contribution in [2.45, 2.75) is 16.6 Å². The van der Waals surface area contributed by atoms with Crippen LogP contribution in [0.2, 0.25) is 0 Å². The van der Waals surface area contributed by atoms with Crippen LogP contribution < -0.4 is 5.32 Å². The molecule has 122 valence electrons. The van der Waals surface area contributed by atoms with E-state index in [1.807, 2.05) is 0 Å². The molecule has 1 fully saturated rings. The van der Waals surface area contributed by atoms with Gasteiger partial charge in [0.1, 0.15) is 5.25 Å². The highest BCUT2D eigenvalue weighted by Crippen LogP contribution is 2.22. The molecule has 1 amide bonds. The number of hydrogen-bond donors (Lipinski definition) is 3. The molecule has 1 aromatic carbocycles. The molecule has 11 heteroatoms. The highest BCUT2D eigenvalue weighted by atomic mass is 32.2. The van der Waals surface area contributed by atoms with Gasteiger partial charge in [0.15, 0.2) is 5.17 Å². The first-order chi connectivity index (χ1) is 10.8. The van der Waals surface area contributed by atoms with Crippen LogP contribution in [0.15, 0.2) is 39.4 Å². The van der Waals surface area contributed by atoms with Crippen LogP contribution in [-0.2, 0) is 19.7 Å². The monoisotopic (exact) mass is 357 g/mol. The lowest BCUT2D eigenvalue weighted by Gasteiger charge is -1.98. The number of carboxylic acid groups (broad SMARTS) is 1. The van der Waals surface area contributed by atoms with E-state index in [4.69, 9.17) is 9.66 Å². The number of amides is 1. The van der Waals surface area contributed by atoms with Gasteiger partial charge in [-0.25, -0.2) is 0 Å². The highest BCUT2D eigenvalue weighted by molar-refractivity contribution is 8.15. The Bertz CT molecular complexity index is 786.